The van der Waals surface area contributed by atoms with Gasteiger partial charge in [0, 0.05) is 11.3 Å². The molecule has 3 N–H and O–H groups in total. The van der Waals surface area contributed by atoms with Gasteiger partial charge in [0.15, 0.2) is 0 Å². The van der Waals surface area contributed by atoms with Crippen molar-refractivity contribution in [1.82, 2.24) is 5.32 Å². The average Bonchev–Trinajstić information content (AvgIpc) is 2.84. The number of nitrogens with one attached hydrogen (secondary N) is 2. The van der Waals surface area contributed by atoms with Gasteiger partial charge in [-0.15, -0.1) is 0 Å². The number of sulfonamides is 1. The SMILES string of the molecule is Cc1ccc(C(=O)N[C@H](CO)Cc2ccccc2)cc1S(=O)(=O)Nc1ccc2ccccc2c1. The summed E-state index contributed by atoms with van der Waals surface area (Å²) < 4.78 is 29.0. The first-order valence-corrected chi connectivity index (χ1v) is 12.4. The Bertz CT molecular complexity index is 1420. The summed E-state index contributed by atoms with van der Waals surface area (Å²) in [7, 11) is -3.93. The molecule has 7 heteroatoms. The molecule has 0 unspecified atom stereocenters. The van der Waals surface area contributed by atoms with E-state index in [1.807, 2.05) is 60.7 Å². The molecule has 0 fully saturated rings. The number of aliphatic hydroxyl groups excluding tert-OH is 1. The number of carbonyl (C=O) groups is 1. The molecule has 1 amide bonds. The van der Waals surface area contributed by atoms with Crippen LogP contribution in [0.1, 0.15) is 21.5 Å². The van der Waals surface area contributed by atoms with Gasteiger partial charge in [0.2, 0.25) is 0 Å². The third kappa shape index (κ3) is 5.44. The fourth-order valence-corrected chi connectivity index (χ4v) is 5.14. The van der Waals surface area contributed by atoms with Gasteiger partial charge in [0.1, 0.15) is 0 Å². The molecule has 174 valence electrons. The molecule has 6 nitrogen and oxygen atoms in total. The molecule has 0 aromatic heterocycles. The zero-order chi connectivity index (χ0) is 24.1. The number of carbonyl (C=O) groups excluding carboxylic acids is 1. The fourth-order valence-electron chi connectivity index (χ4n) is 3.82. The molecule has 4 rings (SSSR count). The van der Waals surface area contributed by atoms with E-state index < -0.39 is 22.0 Å². The Kier molecular flexibility index (Phi) is 6.95. The molecule has 0 bridgehead atoms. The van der Waals surface area contributed by atoms with Crippen molar-refractivity contribution in [1.29, 1.82) is 0 Å². The largest absolute Gasteiger partial charge is 0.394 e. The van der Waals surface area contributed by atoms with Crippen molar-refractivity contribution in [3.8, 4) is 0 Å². The van der Waals surface area contributed by atoms with E-state index in [0.29, 0.717) is 17.7 Å². The van der Waals surface area contributed by atoms with Crippen LogP contribution in [-0.2, 0) is 16.4 Å². The van der Waals surface area contributed by atoms with E-state index >= 15 is 0 Å². The number of amides is 1. The number of fused-ring (bicyclic) bond motifs is 1. The second kappa shape index (κ2) is 10.1. The molecule has 0 aliphatic heterocycles. The van der Waals surface area contributed by atoms with E-state index in [0.717, 1.165) is 16.3 Å². The average molecular weight is 475 g/mol. The molecule has 0 saturated heterocycles. The van der Waals surface area contributed by atoms with Gasteiger partial charge >= 0.3 is 0 Å². The smallest absolute Gasteiger partial charge is 0.262 e. The Balaban J connectivity index is 1.54. The summed E-state index contributed by atoms with van der Waals surface area (Å²) in [5.41, 5.74) is 2.15. The van der Waals surface area contributed by atoms with Crippen molar-refractivity contribution >= 4 is 32.4 Å². The molecule has 0 heterocycles. The monoisotopic (exact) mass is 474 g/mol. The van der Waals surface area contributed by atoms with Crippen LogP contribution in [0.4, 0.5) is 5.69 Å². The van der Waals surface area contributed by atoms with Crippen LogP contribution in [0.25, 0.3) is 10.8 Å². The summed E-state index contributed by atoms with van der Waals surface area (Å²) >= 11 is 0. The molecule has 0 radical (unpaired) electrons. The van der Waals surface area contributed by atoms with Gasteiger partial charge < -0.3 is 10.4 Å². The Morgan fingerprint density at radius 1 is 0.882 bits per heavy atom. The first kappa shape index (κ1) is 23.5. The third-order valence-corrected chi connectivity index (χ3v) is 7.15. The van der Waals surface area contributed by atoms with E-state index in [1.165, 1.54) is 6.07 Å². The van der Waals surface area contributed by atoms with Gasteiger partial charge in [0.25, 0.3) is 15.9 Å². The maximum Gasteiger partial charge on any atom is 0.262 e. The number of benzene rings is 4. The minimum atomic E-state index is -3.93. The van der Waals surface area contributed by atoms with Gasteiger partial charge in [-0.2, -0.15) is 0 Å². The van der Waals surface area contributed by atoms with Gasteiger partial charge in [-0.1, -0.05) is 66.7 Å². The lowest BCUT2D eigenvalue weighted by Gasteiger charge is -2.17. The lowest BCUT2D eigenvalue weighted by molar-refractivity contribution is 0.0916. The number of anilines is 1. The van der Waals surface area contributed by atoms with E-state index in [2.05, 4.69) is 10.0 Å². The Hall–Kier alpha value is -3.68. The van der Waals surface area contributed by atoms with Crippen LogP contribution in [-0.4, -0.2) is 32.1 Å². The molecule has 4 aromatic rings. The minimum absolute atomic E-state index is 0.0249. The number of aliphatic hydroxyl groups is 1. The molecule has 0 spiro atoms. The van der Waals surface area contributed by atoms with E-state index in [1.54, 1.807) is 31.2 Å². The topological polar surface area (TPSA) is 95.5 Å². The highest BCUT2D eigenvalue weighted by Crippen LogP contribution is 2.24. The molecule has 34 heavy (non-hydrogen) atoms. The summed E-state index contributed by atoms with van der Waals surface area (Å²) in [5.74, 6) is -0.447. The van der Waals surface area contributed by atoms with Crippen LogP contribution < -0.4 is 10.0 Å². The molecule has 0 saturated carbocycles. The molecule has 0 aliphatic carbocycles. The lowest BCUT2D eigenvalue weighted by Crippen LogP contribution is -2.39. The van der Waals surface area contributed by atoms with Gasteiger partial charge in [-0.25, -0.2) is 8.42 Å². The summed E-state index contributed by atoms with van der Waals surface area (Å²) in [4.78, 5) is 12.9. The minimum Gasteiger partial charge on any atom is -0.394 e. The van der Waals surface area contributed by atoms with Crippen molar-refractivity contribution < 1.29 is 18.3 Å². The van der Waals surface area contributed by atoms with E-state index in [9.17, 15) is 18.3 Å². The number of aryl methyl sites for hydroxylation is 1. The molecular formula is C27H26N2O4S. The predicted octanol–water partition coefficient (Wildman–Crippen LogP) is 4.28. The normalized spacial score (nSPS) is 12.3. The molecular weight excluding hydrogens is 448 g/mol. The summed E-state index contributed by atoms with van der Waals surface area (Å²) in [6.07, 6.45) is 0.462. The zero-order valence-corrected chi connectivity index (χ0v) is 19.5. The highest BCUT2D eigenvalue weighted by atomic mass is 32.2. The van der Waals surface area contributed by atoms with Crippen LogP contribution in [0, 0.1) is 6.92 Å². The van der Waals surface area contributed by atoms with Crippen LogP contribution in [0.3, 0.4) is 0 Å². The summed E-state index contributed by atoms with van der Waals surface area (Å²) in [6, 6.07) is 26.6. The lowest BCUT2D eigenvalue weighted by atomic mass is 10.1. The standard InChI is InChI=1S/C27H26N2O4S/c1-19-11-12-23(27(31)28-25(18-30)15-20-7-3-2-4-8-20)17-26(19)34(32,33)29-24-14-13-21-9-5-6-10-22(21)16-24/h2-14,16-17,25,29-30H,15,18H2,1H3,(H,28,31)/t25-/m0/s1. The maximum atomic E-state index is 13.2. The van der Waals surface area contributed by atoms with Gasteiger partial charge in [0.05, 0.1) is 17.5 Å². The first-order valence-electron chi connectivity index (χ1n) is 10.9. The van der Waals surface area contributed by atoms with Crippen LogP contribution in [0.5, 0.6) is 0 Å². The van der Waals surface area contributed by atoms with Crippen LogP contribution >= 0.6 is 0 Å². The number of rotatable bonds is 8. The molecule has 1 atom stereocenters. The Morgan fingerprint density at radius 3 is 2.32 bits per heavy atom. The van der Waals surface area contributed by atoms with E-state index in [-0.39, 0.29) is 17.1 Å². The Morgan fingerprint density at radius 2 is 1.59 bits per heavy atom. The fraction of sp³-hybridized carbons (Fsp3) is 0.148. The highest BCUT2D eigenvalue weighted by Gasteiger charge is 2.21. The second-order valence-corrected chi connectivity index (χ2v) is 9.84. The van der Waals surface area contributed by atoms with Crippen molar-refractivity contribution in [3.63, 3.8) is 0 Å². The van der Waals surface area contributed by atoms with E-state index in [4.69, 9.17) is 0 Å². The Labute approximate surface area is 199 Å². The van der Waals surface area contributed by atoms with Crippen LogP contribution in [0.15, 0.2) is 95.9 Å². The van der Waals surface area contributed by atoms with Crippen molar-refractivity contribution in [2.45, 2.75) is 24.3 Å². The third-order valence-electron chi connectivity index (χ3n) is 5.62. The predicted molar refractivity (Wildman–Crippen MR) is 134 cm³/mol. The zero-order valence-electron chi connectivity index (χ0n) is 18.7. The first-order chi connectivity index (χ1) is 16.4. The van der Waals surface area contributed by atoms with Crippen molar-refractivity contribution in [2.75, 3.05) is 11.3 Å². The summed E-state index contributed by atoms with van der Waals surface area (Å²) in [6.45, 7) is 1.45. The quantitative estimate of drug-likeness (QED) is 0.355. The molecule has 0 aliphatic rings. The van der Waals surface area contributed by atoms with Gasteiger partial charge in [-0.05, 0) is 59.5 Å². The van der Waals surface area contributed by atoms with Crippen molar-refractivity contribution in [2.24, 2.45) is 0 Å². The van der Waals surface area contributed by atoms with Crippen LogP contribution in [0.2, 0.25) is 0 Å². The van der Waals surface area contributed by atoms with Crippen molar-refractivity contribution in [3.05, 3.63) is 108 Å². The highest BCUT2D eigenvalue weighted by molar-refractivity contribution is 7.92. The summed E-state index contributed by atoms with van der Waals surface area (Å²) in [5, 5.41) is 14.5. The maximum absolute atomic E-state index is 13.2. The van der Waals surface area contributed by atoms with Gasteiger partial charge in [-0.3, -0.25) is 9.52 Å². The number of hydrogen-bond donors (Lipinski definition) is 3. The number of hydrogen-bond acceptors (Lipinski definition) is 4. The molecule has 4 aromatic carbocycles. The second-order valence-electron chi connectivity index (χ2n) is 8.19.